The van der Waals surface area contributed by atoms with Gasteiger partial charge < -0.3 is 15.4 Å². The molecule has 2 atom stereocenters. The van der Waals surface area contributed by atoms with E-state index < -0.39 is 4.92 Å². The minimum Gasteiger partial charge on any atom is -0.396 e. The van der Waals surface area contributed by atoms with Crippen molar-refractivity contribution in [2.45, 2.75) is 32.2 Å². The summed E-state index contributed by atoms with van der Waals surface area (Å²) >= 11 is 0. The van der Waals surface area contributed by atoms with Crippen LogP contribution in [0.25, 0.3) is 11.4 Å². The number of hydrogen-bond acceptors (Lipinski definition) is 5. The van der Waals surface area contributed by atoms with Crippen molar-refractivity contribution in [2.75, 3.05) is 6.61 Å². The molecule has 8 nitrogen and oxygen atoms in total. The van der Waals surface area contributed by atoms with Gasteiger partial charge in [-0.3, -0.25) is 14.9 Å². The zero-order chi connectivity index (χ0) is 18.0. The number of nitro benzene ring substituents is 1. The highest BCUT2D eigenvalue weighted by molar-refractivity contribution is 5.93. The Morgan fingerprint density at radius 1 is 1.56 bits per heavy atom. The summed E-state index contributed by atoms with van der Waals surface area (Å²) < 4.78 is 0. The van der Waals surface area contributed by atoms with E-state index in [2.05, 4.69) is 15.3 Å². The Labute approximate surface area is 144 Å². The topological polar surface area (TPSA) is 121 Å². The molecule has 0 radical (unpaired) electrons. The maximum absolute atomic E-state index is 12.5. The van der Waals surface area contributed by atoms with Gasteiger partial charge in [-0.25, -0.2) is 4.98 Å². The number of aliphatic hydroxyl groups is 1. The molecule has 3 rings (SSSR count). The van der Waals surface area contributed by atoms with Gasteiger partial charge in [0.25, 0.3) is 11.6 Å². The molecule has 1 aromatic carbocycles. The Hall–Kier alpha value is -2.74. The Bertz CT molecular complexity index is 803. The molecule has 8 heteroatoms. The fraction of sp³-hybridized carbons (Fsp3) is 0.412. The number of H-pyrrole nitrogens is 1. The largest absolute Gasteiger partial charge is 0.396 e. The smallest absolute Gasteiger partial charge is 0.270 e. The van der Waals surface area contributed by atoms with E-state index in [9.17, 15) is 20.0 Å². The van der Waals surface area contributed by atoms with E-state index in [1.807, 2.05) is 6.92 Å². The van der Waals surface area contributed by atoms with Crippen molar-refractivity contribution in [1.29, 1.82) is 0 Å². The molecule has 1 fully saturated rings. The number of rotatable bonds is 5. The molecule has 0 aliphatic heterocycles. The van der Waals surface area contributed by atoms with Crippen LogP contribution >= 0.6 is 0 Å². The lowest BCUT2D eigenvalue weighted by molar-refractivity contribution is -0.384. The summed E-state index contributed by atoms with van der Waals surface area (Å²) in [5.41, 5.74) is 0.478. The minimum absolute atomic E-state index is 0.0276. The van der Waals surface area contributed by atoms with Gasteiger partial charge in [0.2, 0.25) is 0 Å². The SMILES string of the molecule is CC1(CO)CCCC1NC(=O)c1cnc(-c2cccc([N+](=O)[O-])c2)[nH]1. The second kappa shape index (κ2) is 6.64. The molecule has 132 valence electrons. The third-order valence-corrected chi connectivity index (χ3v) is 4.90. The first kappa shape index (κ1) is 17.1. The normalized spacial score (nSPS) is 22.7. The van der Waals surface area contributed by atoms with Crippen LogP contribution in [0.4, 0.5) is 5.69 Å². The number of aliphatic hydroxyl groups excluding tert-OH is 1. The monoisotopic (exact) mass is 344 g/mol. The lowest BCUT2D eigenvalue weighted by atomic mass is 9.86. The number of carbonyl (C=O) groups is 1. The highest BCUT2D eigenvalue weighted by Gasteiger charge is 2.39. The molecule has 2 unspecified atom stereocenters. The predicted octanol–water partition coefficient (Wildman–Crippen LogP) is 2.27. The van der Waals surface area contributed by atoms with E-state index >= 15 is 0 Å². The summed E-state index contributed by atoms with van der Waals surface area (Å²) in [4.78, 5) is 29.9. The van der Waals surface area contributed by atoms with Crippen molar-refractivity contribution in [3.8, 4) is 11.4 Å². The third-order valence-electron chi connectivity index (χ3n) is 4.90. The molecule has 3 N–H and O–H groups in total. The standard InChI is InChI=1S/C17H20N4O4/c1-17(10-22)7-3-6-14(17)20-16(23)13-9-18-15(19-13)11-4-2-5-12(8-11)21(24)25/h2,4-5,8-9,14,22H,3,6-7,10H2,1H3,(H,18,19)(H,20,23). The van der Waals surface area contributed by atoms with E-state index in [1.54, 1.807) is 12.1 Å². The van der Waals surface area contributed by atoms with E-state index in [0.29, 0.717) is 11.4 Å². The van der Waals surface area contributed by atoms with E-state index in [-0.39, 0.29) is 35.4 Å². The van der Waals surface area contributed by atoms with Crippen LogP contribution in [0.15, 0.2) is 30.5 Å². The van der Waals surface area contributed by atoms with Gasteiger partial charge in [0.1, 0.15) is 11.5 Å². The third kappa shape index (κ3) is 3.39. The van der Waals surface area contributed by atoms with Crippen LogP contribution in [0.2, 0.25) is 0 Å². The Morgan fingerprint density at radius 2 is 2.36 bits per heavy atom. The van der Waals surface area contributed by atoms with Crippen LogP contribution in [-0.2, 0) is 0 Å². The highest BCUT2D eigenvalue weighted by Crippen LogP contribution is 2.37. The zero-order valence-electron chi connectivity index (χ0n) is 13.9. The number of imidazole rings is 1. The number of amides is 1. The number of hydrogen-bond donors (Lipinski definition) is 3. The summed E-state index contributed by atoms with van der Waals surface area (Å²) in [5.74, 6) is 0.0981. The molecule has 0 saturated heterocycles. The summed E-state index contributed by atoms with van der Waals surface area (Å²) in [5, 5.41) is 23.4. The van der Waals surface area contributed by atoms with Crippen LogP contribution in [0.5, 0.6) is 0 Å². The fourth-order valence-electron chi connectivity index (χ4n) is 3.25. The van der Waals surface area contributed by atoms with Crippen molar-refractivity contribution in [3.05, 3.63) is 46.3 Å². The Kier molecular flexibility index (Phi) is 4.54. The van der Waals surface area contributed by atoms with Crippen molar-refractivity contribution >= 4 is 11.6 Å². The number of non-ortho nitro benzene ring substituents is 1. The van der Waals surface area contributed by atoms with Crippen LogP contribution in [0, 0.1) is 15.5 Å². The molecule has 1 heterocycles. The number of nitrogens with one attached hydrogen (secondary N) is 2. The molecule has 1 aliphatic carbocycles. The van der Waals surface area contributed by atoms with Gasteiger partial charge in [-0.05, 0) is 12.8 Å². The second-order valence-corrected chi connectivity index (χ2v) is 6.68. The number of benzene rings is 1. The van der Waals surface area contributed by atoms with Crippen molar-refractivity contribution in [1.82, 2.24) is 15.3 Å². The van der Waals surface area contributed by atoms with Crippen LogP contribution in [0.1, 0.15) is 36.7 Å². The average molecular weight is 344 g/mol. The van der Waals surface area contributed by atoms with Crippen LogP contribution < -0.4 is 5.32 Å². The van der Waals surface area contributed by atoms with Gasteiger partial charge in [-0.2, -0.15) is 0 Å². The molecule has 0 spiro atoms. The van der Waals surface area contributed by atoms with E-state index in [4.69, 9.17) is 0 Å². The predicted molar refractivity (Wildman–Crippen MR) is 91.0 cm³/mol. The van der Waals surface area contributed by atoms with Gasteiger partial charge in [0.15, 0.2) is 0 Å². The Balaban J connectivity index is 1.76. The molecule has 1 aliphatic rings. The highest BCUT2D eigenvalue weighted by atomic mass is 16.6. The lowest BCUT2D eigenvalue weighted by Gasteiger charge is -2.29. The van der Waals surface area contributed by atoms with Gasteiger partial charge >= 0.3 is 0 Å². The fourth-order valence-corrected chi connectivity index (χ4v) is 3.25. The van der Waals surface area contributed by atoms with Crippen LogP contribution in [-0.4, -0.2) is 38.6 Å². The molecule has 0 bridgehead atoms. The maximum atomic E-state index is 12.5. The first-order chi connectivity index (χ1) is 11.9. The molecule has 1 saturated carbocycles. The second-order valence-electron chi connectivity index (χ2n) is 6.68. The number of carbonyl (C=O) groups excluding carboxylic acids is 1. The average Bonchev–Trinajstić information content (AvgIpc) is 3.23. The van der Waals surface area contributed by atoms with Crippen molar-refractivity contribution < 1.29 is 14.8 Å². The molecule has 25 heavy (non-hydrogen) atoms. The number of aromatic amines is 1. The van der Waals surface area contributed by atoms with E-state index in [1.165, 1.54) is 18.3 Å². The van der Waals surface area contributed by atoms with Gasteiger partial charge in [0.05, 0.1) is 17.7 Å². The lowest BCUT2D eigenvalue weighted by Crippen LogP contribution is -2.44. The summed E-state index contributed by atoms with van der Waals surface area (Å²) in [6.07, 6.45) is 4.07. The summed E-state index contributed by atoms with van der Waals surface area (Å²) in [7, 11) is 0. The van der Waals surface area contributed by atoms with Crippen molar-refractivity contribution in [3.63, 3.8) is 0 Å². The molecule has 1 amide bonds. The molecular weight excluding hydrogens is 324 g/mol. The quantitative estimate of drug-likeness (QED) is 0.567. The minimum atomic E-state index is -0.476. The van der Waals surface area contributed by atoms with Gasteiger partial charge in [0, 0.05) is 29.2 Å². The molecule has 1 aromatic heterocycles. The maximum Gasteiger partial charge on any atom is 0.270 e. The zero-order valence-corrected chi connectivity index (χ0v) is 13.9. The Morgan fingerprint density at radius 3 is 3.08 bits per heavy atom. The summed E-state index contributed by atoms with van der Waals surface area (Å²) in [6.45, 7) is 1.99. The summed E-state index contributed by atoms with van der Waals surface area (Å²) in [6, 6.07) is 5.97. The first-order valence-electron chi connectivity index (χ1n) is 8.14. The van der Waals surface area contributed by atoms with Gasteiger partial charge in [-0.15, -0.1) is 0 Å². The first-order valence-corrected chi connectivity index (χ1v) is 8.14. The van der Waals surface area contributed by atoms with Crippen LogP contribution in [0.3, 0.4) is 0 Å². The van der Waals surface area contributed by atoms with E-state index in [0.717, 1.165) is 19.3 Å². The number of nitrogens with zero attached hydrogens (tertiary/aromatic N) is 2. The molecule has 2 aromatic rings. The van der Waals surface area contributed by atoms with Gasteiger partial charge in [-0.1, -0.05) is 25.5 Å². The van der Waals surface area contributed by atoms with Crippen molar-refractivity contribution in [2.24, 2.45) is 5.41 Å². The number of nitro groups is 1. The molecular formula is C17H20N4O4. The number of aromatic nitrogens is 2.